The minimum Gasteiger partial charge on any atom is -0.342 e. The second kappa shape index (κ2) is 8.14. The number of anilines is 1. The molecule has 1 atom stereocenters. The second-order valence-corrected chi connectivity index (χ2v) is 6.25. The van der Waals surface area contributed by atoms with Crippen molar-refractivity contribution in [1.29, 1.82) is 0 Å². The van der Waals surface area contributed by atoms with Gasteiger partial charge in [-0.2, -0.15) is 0 Å². The van der Waals surface area contributed by atoms with Crippen molar-refractivity contribution in [3.63, 3.8) is 0 Å². The molecule has 1 heterocycles. The Bertz CT molecular complexity index is 533. The molecule has 0 saturated carbocycles. The Morgan fingerprint density at radius 2 is 1.74 bits per heavy atom. The first-order chi connectivity index (χ1) is 11.1. The summed E-state index contributed by atoms with van der Waals surface area (Å²) in [5, 5.41) is 0. The highest BCUT2D eigenvalue weighted by atomic mass is 16.2. The van der Waals surface area contributed by atoms with Crippen LogP contribution in [0.4, 0.5) is 5.69 Å². The molecule has 1 saturated heterocycles. The first kappa shape index (κ1) is 17.5. The Kier molecular flexibility index (Phi) is 6.20. The molecule has 1 aromatic rings. The standard InChI is InChI=1S/C19H28N2O2/c1-4-11-20(12-5-2)19(23)16-13-18(22)21(14-16)17-9-7-15(6-3)8-10-17/h7-10,16H,4-6,11-14H2,1-3H3/t16-/m1/s1. The molecule has 0 bridgehead atoms. The van der Waals surface area contributed by atoms with E-state index in [1.165, 1.54) is 5.56 Å². The van der Waals surface area contributed by atoms with E-state index in [4.69, 9.17) is 0 Å². The van der Waals surface area contributed by atoms with Crippen molar-refractivity contribution >= 4 is 17.5 Å². The minimum absolute atomic E-state index is 0.0561. The third-order valence-electron chi connectivity index (χ3n) is 4.43. The van der Waals surface area contributed by atoms with Crippen molar-refractivity contribution in [3.05, 3.63) is 29.8 Å². The van der Waals surface area contributed by atoms with E-state index in [9.17, 15) is 9.59 Å². The molecule has 4 nitrogen and oxygen atoms in total. The van der Waals surface area contributed by atoms with E-state index >= 15 is 0 Å². The van der Waals surface area contributed by atoms with Gasteiger partial charge in [0.15, 0.2) is 0 Å². The lowest BCUT2D eigenvalue weighted by atomic mass is 10.1. The van der Waals surface area contributed by atoms with Crippen molar-refractivity contribution in [2.45, 2.75) is 46.5 Å². The van der Waals surface area contributed by atoms with Crippen LogP contribution in [0.15, 0.2) is 24.3 Å². The molecule has 23 heavy (non-hydrogen) atoms. The van der Waals surface area contributed by atoms with E-state index in [-0.39, 0.29) is 17.7 Å². The van der Waals surface area contributed by atoms with Gasteiger partial charge in [-0.05, 0) is 37.0 Å². The molecule has 0 radical (unpaired) electrons. The lowest BCUT2D eigenvalue weighted by Gasteiger charge is -2.24. The molecule has 1 fully saturated rings. The molecule has 0 N–H and O–H groups in total. The van der Waals surface area contributed by atoms with Crippen molar-refractivity contribution in [2.24, 2.45) is 5.92 Å². The first-order valence-corrected chi connectivity index (χ1v) is 8.78. The predicted molar refractivity (Wildman–Crippen MR) is 93.4 cm³/mol. The highest BCUT2D eigenvalue weighted by molar-refractivity contribution is 6.00. The van der Waals surface area contributed by atoms with Crippen LogP contribution in [-0.2, 0) is 16.0 Å². The summed E-state index contributed by atoms with van der Waals surface area (Å²) < 4.78 is 0. The van der Waals surface area contributed by atoms with Gasteiger partial charge in [0.2, 0.25) is 11.8 Å². The largest absolute Gasteiger partial charge is 0.342 e. The Hall–Kier alpha value is -1.84. The smallest absolute Gasteiger partial charge is 0.228 e. The number of carbonyl (C=O) groups excluding carboxylic acids is 2. The summed E-state index contributed by atoms with van der Waals surface area (Å²) in [5.41, 5.74) is 2.16. The van der Waals surface area contributed by atoms with Crippen molar-refractivity contribution in [1.82, 2.24) is 4.90 Å². The van der Waals surface area contributed by atoms with E-state index in [2.05, 4.69) is 32.9 Å². The lowest BCUT2D eigenvalue weighted by molar-refractivity contribution is -0.135. The predicted octanol–water partition coefficient (Wildman–Crippen LogP) is 3.25. The van der Waals surface area contributed by atoms with E-state index in [0.29, 0.717) is 13.0 Å². The van der Waals surface area contributed by atoms with Gasteiger partial charge < -0.3 is 9.80 Å². The number of hydrogen-bond donors (Lipinski definition) is 0. The lowest BCUT2D eigenvalue weighted by Crippen LogP contribution is -2.38. The number of carbonyl (C=O) groups is 2. The number of rotatable bonds is 7. The molecule has 2 amide bonds. The summed E-state index contributed by atoms with van der Waals surface area (Å²) in [6.45, 7) is 8.34. The summed E-state index contributed by atoms with van der Waals surface area (Å²) in [7, 11) is 0. The summed E-state index contributed by atoms with van der Waals surface area (Å²) in [6, 6.07) is 8.08. The SMILES string of the molecule is CCCN(CCC)C(=O)[C@@H]1CC(=O)N(c2ccc(CC)cc2)C1. The summed E-state index contributed by atoms with van der Waals surface area (Å²) in [4.78, 5) is 28.7. The third-order valence-corrected chi connectivity index (χ3v) is 4.43. The fraction of sp³-hybridized carbons (Fsp3) is 0.579. The zero-order valence-corrected chi connectivity index (χ0v) is 14.5. The van der Waals surface area contributed by atoms with E-state index < -0.39 is 0 Å². The molecule has 1 aromatic carbocycles. The van der Waals surface area contributed by atoms with Gasteiger partial charge in [-0.15, -0.1) is 0 Å². The Morgan fingerprint density at radius 1 is 1.13 bits per heavy atom. The van der Waals surface area contributed by atoms with Gasteiger partial charge in [0.05, 0.1) is 5.92 Å². The molecule has 0 spiro atoms. The molecule has 1 aliphatic heterocycles. The normalized spacial score (nSPS) is 17.6. The molecular weight excluding hydrogens is 288 g/mol. The molecule has 0 aromatic heterocycles. The van der Waals surface area contributed by atoms with Crippen LogP contribution < -0.4 is 4.90 Å². The number of benzene rings is 1. The quantitative estimate of drug-likeness (QED) is 0.775. The van der Waals surface area contributed by atoms with Crippen LogP contribution in [0.1, 0.15) is 45.6 Å². The summed E-state index contributed by atoms with van der Waals surface area (Å²) in [5.74, 6) is -0.0123. The third kappa shape index (κ3) is 4.12. The van der Waals surface area contributed by atoms with Crippen molar-refractivity contribution in [3.8, 4) is 0 Å². The average Bonchev–Trinajstić information content (AvgIpc) is 2.96. The summed E-state index contributed by atoms with van der Waals surface area (Å²) in [6.07, 6.45) is 3.22. The van der Waals surface area contributed by atoms with Gasteiger partial charge in [0.1, 0.15) is 0 Å². The number of nitrogens with zero attached hydrogens (tertiary/aromatic N) is 2. The summed E-state index contributed by atoms with van der Waals surface area (Å²) >= 11 is 0. The van der Waals surface area contributed by atoms with Gasteiger partial charge in [-0.25, -0.2) is 0 Å². The average molecular weight is 316 g/mol. The van der Waals surface area contributed by atoms with Crippen LogP contribution in [0.2, 0.25) is 0 Å². The molecular formula is C19H28N2O2. The van der Waals surface area contributed by atoms with Gasteiger partial charge in [-0.1, -0.05) is 32.9 Å². The fourth-order valence-electron chi connectivity index (χ4n) is 3.16. The molecule has 1 aliphatic rings. The maximum atomic E-state index is 12.7. The van der Waals surface area contributed by atoms with Crippen molar-refractivity contribution in [2.75, 3.05) is 24.5 Å². The van der Waals surface area contributed by atoms with Gasteiger partial charge in [0, 0.05) is 31.7 Å². The van der Waals surface area contributed by atoms with E-state index in [1.54, 1.807) is 4.90 Å². The molecule has 126 valence electrons. The van der Waals surface area contributed by atoms with Crippen molar-refractivity contribution < 1.29 is 9.59 Å². The maximum absolute atomic E-state index is 12.7. The number of amides is 2. The Balaban J connectivity index is 2.07. The van der Waals surface area contributed by atoms with Gasteiger partial charge in [-0.3, -0.25) is 9.59 Å². The Labute approximate surface area is 139 Å². The maximum Gasteiger partial charge on any atom is 0.228 e. The Morgan fingerprint density at radius 3 is 2.26 bits per heavy atom. The van der Waals surface area contributed by atoms with Crippen LogP contribution in [0.3, 0.4) is 0 Å². The number of hydrogen-bond acceptors (Lipinski definition) is 2. The molecule has 0 unspecified atom stereocenters. The zero-order chi connectivity index (χ0) is 16.8. The van der Waals surface area contributed by atoms with Crippen LogP contribution in [0.25, 0.3) is 0 Å². The van der Waals surface area contributed by atoms with Crippen LogP contribution in [0.5, 0.6) is 0 Å². The van der Waals surface area contributed by atoms with Crippen LogP contribution >= 0.6 is 0 Å². The van der Waals surface area contributed by atoms with Gasteiger partial charge >= 0.3 is 0 Å². The van der Waals surface area contributed by atoms with Crippen LogP contribution in [0, 0.1) is 5.92 Å². The van der Waals surface area contributed by atoms with E-state index in [0.717, 1.165) is 38.0 Å². The fourth-order valence-corrected chi connectivity index (χ4v) is 3.16. The monoisotopic (exact) mass is 316 g/mol. The second-order valence-electron chi connectivity index (χ2n) is 6.25. The molecule has 4 heteroatoms. The van der Waals surface area contributed by atoms with Gasteiger partial charge in [0.25, 0.3) is 0 Å². The topological polar surface area (TPSA) is 40.6 Å². The molecule has 0 aliphatic carbocycles. The first-order valence-electron chi connectivity index (χ1n) is 8.78. The minimum atomic E-state index is -0.202. The highest BCUT2D eigenvalue weighted by Crippen LogP contribution is 2.27. The van der Waals surface area contributed by atoms with E-state index in [1.807, 2.05) is 17.0 Å². The highest BCUT2D eigenvalue weighted by Gasteiger charge is 2.36. The number of aryl methyl sites for hydroxylation is 1. The molecule has 2 rings (SSSR count). The van der Waals surface area contributed by atoms with Crippen LogP contribution in [-0.4, -0.2) is 36.3 Å². The zero-order valence-electron chi connectivity index (χ0n) is 14.5.